The Bertz CT molecular complexity index is 568. The number of halogens is 3. The first-order valence-electron chi connectivity index (χ1n) is 7.73. The molecule has 0 bridgehead atoms. The molecule has 24 heavy (non-hydrogen) atoms. The Morgan fingerprint density at radius 2 is 2.21 bits per heavy atom. The molecule has 0 spiro atoms. The van der Waals surface area contributed by atoms with Crippen LogP contribution in [-0.2, 0) is 0 Å². The second kappa shape index (κ2) is 9.76. The maximum atomic E-state index is 13.8. The first-order valence-corrected chi connectivity index (χ1v) is 8.89. The molecule has 3 N–H and O–H groups in total. The van der Waals surface area contributed by atoms with Crippen LogP contribution in [0.5, 0.6) is 0 Å². The minimum Gasteiger partial charge on any atom is -0.387 e. The van der Waals surface area contributed by atoms with Gasteiger partial charge in [0.2, 0.25) is 0 Å². The van der Waals surface area contributed by atoms with Crippen molar-refractivity contribution in [2.45, 2.75) is 31.9 Å². The Morgan fingerprint density at radius 3 is 2.79 bits per heavy atom. The standard InChI is InChI=1S/C16H23F2N3OS.HI/c1-3-19-15(20-9-16(22)6-7-23-10-16)21-11(2)13-5-4-12(17)8-14(13)18;/h4-5,8,11,22H,3,6-7,9-10H2,1-2H3,(H2,19,20,21);1H. The van der Waals surface area contributed by atoms with Gasteiger partial charge in [-0.3, -0.25) is 4.99 Å². The van der Waals surface area contributed by atoms with Crippen LogP contribution in [0.15, 0.2) is 23.2 Å². The van der Waals surface area contributed by atoms with E-state index in [0.717, 1.165) is 18.2 Å². The van der Waals surface area contributed by atoms with Crippen LogP contribution in [0, 0.1) is 11.6 Å². The lowest BCUT2D eigenvalue weighted by Gasteiger charge is -2.22. The Labute approximate surface area is 162 Å². The zero-order valence-electron chi connectivity index (χ0n) is 13.8. The molecule has 0 aromatic heterocycles. The number of nitrogens with one attached hydrogen (secondary N) is 2. The minimum atomic E-state index is -0.766. The molecule has 1 aliphatic heterocycles. The molecule has 0 amide bonds. The second-order valence-corrected chi connectivity index (χ2v) is 6.86. The molecule has 0 saturated carbocycles. The molecule has 1 heterocycles. The van der Waals surface area contributed by atoms with Crippen molar-refractivity contribution < 1.29 is 13.9 Å². The molecular formula is C16H24F2IN3OS. The number of benzene rings is 1. The van der Waals surface area contributed by atoms with Crippen molar-refractivity contribution in [3.8, 4) is 0 Å². The molecule has 2 atom stereocenters. The molecule has 0 radical (unpaired) electrons. The zero-order valence-corrected chi connectivity index (χ0v) is 17.0. The Kier molecular flexibility index (Phi) is 8.72. The molecule has 2 rings (SSSR count). The van der Waals surface area contributed by atoms with E-state index in [1.807, 2.05) is 6.92 Å². The lowest BCUT2D eigenvalue weighted by atomic mass is 10.0. The summed E-state index contributed by atoms with van der Waals surface area (Å²) in [4.78, 5) is 4.41. The fourth-order valence-electron chi connectivity index (χ4n) is 2.40. The highest BCUT2D eigenvalue weighted by atomic mass is 127. The highest BCUT2D eigenvalue weighted by Crippen LogP contribution is 2.28. The van der Waals surface area contributed by atoms with Crippen LogP contribution in [0.4, 0.5) is 8.78 Å². The van der Waals surface area contributed by atoms with Crippen LogP contribution >= 0.6 is 35.7 Å². The van der Waals surface area contributed by atoms with Gasteiger partial charge in [0.25, 0.3) is 0 Å². The van der Waals surface area contributed by atoms with Gasteiger partial charge in [0.15, 0.2) is 5.96 Å². The van der Waals surface area contributed by atoms with Gasteiger partial charge in [-0.2, -0.15) is 11.8 Å². The van der Waals surface area contributed by atoms with Gasteiger partial charge in [0.05, 0.1) is 18.2 Å². The summed E-state index contributed by atoms with van der Waals surface area (Å²) < 4.78 is 26.9. The number of hydrogen-bond donors (Lipinski definition) is 3. The number of aliphatic imine (C=N–C) groups is 1. The molecule has 8 heteroatoms. The summed E-state index contributed by atoms with van der Waals surface area (Å²) in [7, 11) is 0. The second-order valence-electron chi connectivity index (χ2n) is 5.75. The van der Waals surface area contributed by atoms with Crippen molar-refractivity contribution in [1.29, 1.82) is 0 Å². The largest absolute Gasteiger partial charge is 0.387 e. The van der Waals surface area contributed by atoms with Gasteiger partial charge in [-0.05, 0) is 32.1 Å². The predicted molar refractivity (Wildman–Crippen MR) is 106 cm³/mol. The van der Waals surface area contributed by atoms with Gasteiger partial charge in [0.1, 0.15) is 11.6 Å². The van der Waals surface area contributed by atoms with Crippen LogP contribution < -0.4 is 10.6 Å². The van der Waals surface area contributed by atoms with Crippen molar-refractivity contribution >= 4 is 41.7 Å². The van der Waals surface area contributed by atoms with Crippen LogP contribution in [0.2, 0.25) is 0 Å². The zero-order chi connectivity index (χ0) is 16.9. The molecule has 1 aliphatic rings. The summed E-state index contributed by atoms with van der Waals surface area (Å²) in [5.41, 5.74) is -0.399. The Morgan fingerprint density at radius 1 is 1.46 bits per heavy atom. The van der Waals surface area contributed by atoms with Crippen molar-refractivity contribution in [3.63, 3.8) is 0 Å². The van der Waals surface area contributed by atoms with Gasteiger partial charge in [0, 0.05) is 23.9 Å². The summed E-state index contributed by atoms with van der Waals surface area (Å²) in [5, 5.41) is 16.5. The Hall–Kier alpha value is -0.610. The number of nitrogens with zero attached hydrogens (tertiary/aromatic N) is 1. The summed E-state index contributed by atoms with van der Waals surface area (Å²) in [5.74, 6) is 0.936. The monoisotopic (exact) mass is 471 g/mol. The third kappa shape index (κ3) is 6.03. The molecule has 1 saturated heterocycles. The van der Waals surface area contributed by atoms with Gasteiger partial charge in [-0.25, -0.2) is 8.78 Å². The average molecular weight is 471 g/mol. The predicted octanol–water partition coefficient (Wildman–Crippen LogP) is 3.07. The summed E-state index contributed by atoms with van der Waals surface area (Å²) in [6.45, 7) is 4.66. The fraction of sp³-hybridized carbons (Fsp3) is 0.562. The molecule has 1 aromatic carbocycles. The van der Waals surface area contributed by atoms with E-state index in [0.29, 0.717) is 30.4 Å². The highest BCUT2D eigenvalue weighted by Gasteiger charge is 2.31. The first kappa shape index (κ1) is 21.4. The van der Waals surface area contributed by atoms with Crippen molar-refractivity contribution in [2.75, 3.05) is 24.6 Å². The Balaban J connectivity index is 0.00000288. The number of hydrogen-bond acceptors (Lipinski definition) is 3. The molecule has 1 aromatic rings. The van der Waals surface area contributed by atoms with E-state index in [1.165, 1.54) is 12.1 Å². The highest BCUT2D eigenvalue weighted by molar-refractivity contribution is 14.0. The molecule has 0 aliphatic carbocycles. The lowest BCUT2D eigenvalue weighted by Crippen LogP contribution is -2.41. The molecule has 1 fully saturated rings. The van der Waals surface area contributed by atoms with E-state index in [2.05, 4.69) is 15.6 Å². The van der Waals surface area contributed by atoms with Crippen LogP contribution in [0.25, 0.3) is 0 Å². The van der Waals surface area contributed by atoms with Crippen LogP contribution in [-0.4, -0.2) is 41.3 Å². The smallest absolute Gasteiger partial charge is 0.191 e. The fourth-order valence-corrected chi connectivity index (χ4v) is 3.69. The number of thioether (sulfide) groups is 1. The van der Waals surface area contributed by atoms with Gasteiger partial charge in [-0.15, -0.1) is 24.0 Å². The van der Waals surface area contributed by atoms with E-state index in [1.54, 1.807) is 18.7 Å². The van der Waals surface area contributed by atoms with Gasteiger partial charge >= 0.3 is 0 Å². The number of guanidine groups is 1. The normalized spacial score (nSPS) is 22.0. The molecular weight excluding hydrogens is 447 g/mol. The number of aliphatic hydroxyl groups is 1. The summed E-state index contributed by atoms with van der Waals surface area (Å²) in [6.07, 6.45) is 0.725. The summed E-state index contributed by atoms with van der Waals surface area (Å²) >= 11 is 1.71. The summed E-state index contributed by atoms with van der Waals surface area (Å²) in [6, 6.07) is 3.16. The van der Waals surface area contributed by atoms with Crippen molar-refractivity contribution in [1.82, 2.24) is 10.6 Å². The third-order valence-corrected chi connectivity index (χ3v) is 4.97. The average Bonchev–Trinajstić information content (AvgIpc) is 2.92. The SMILES string of the molecule is CCNC(=NCC1(O)CCSC1)NC(C)c1ccc(F)cc1F.I. The lowest BCUT2D eigenvalue weighted by molar-refractivity contribution is 0.0778. The van der Waals surface area contributed by atoms with E-state index in [4.69, 9.17) is 0 Å². The minimum absolute atomic E-state index is 0. The molecule has 4 nitrogen and oxygen atoms in total. The quantitative estimate of drug-likeness (QED) is 0.351. The molecule has 136 valence electrons. The maximum Gasteiger partial charge on any atom is 0.191 e. The van der Waals surface area contributed by atoms with E-state index < -0.39 is 17.2 Å². The first-order chi connectivity index (χ1) is 10.9. The van der Waals surface area contributed by atoms with E-state index in [9.17, 15) is 13.9 Å². The van der Waals surface area contributed by atoms with Crippen LogP contribution in [0.1, 0.15) is 31.9 Å². The third-order valence-electron chi connectivity index (χ3n) is 3.74. The van der Waals surface area contributed by atoms with Gasteiger partial charge in [-0.1, -0.05) is 6.07 Å². The number of rotatable bonds is 5. The van der Waals surface area contributed by atoms with Crippen LogP contribution in [0.3, 0.4) is 0 Å². The van der Waals surface area contributed by atoms with Crippen molar-refractivity contribution in [3.05, 3.63) is 35.4 Å². The van der Waals surface area contributed by atoms with E-state index >= 15 is 0 Å². The van der Waals surface area contributed by atoms with Gasteiger partial charge < -0.3 is 15.7 Å². The topological polar surface area (TPSA) is 56.7 Å². The maximum absolute atomic E-state index is 13.8. The van der Waals surface area contributed by atoms with E-state index in [-0.39, 0.29) is 30.0 Å². The van der Waals surface area contributed by atoms with Crippen molar-refractivity contribution in [2.24, 2.45) is 4.99 Å². The molecule has 2 unspecified atom stereocenters.